The molecule has 3 rings (SSSR count). The van der Waals surface area contributed by atoms with Gasteiger partial charge in [-0.15, -0.1) is 0 Å². The van der Waals surface area contributed by atoms with Gasteiger partial charge in [0.25, 0.3) is 17.4 Å². The van der Waals surface area contributed by atoms with E-state index in [9.17, 15) is 41.5 Å². The van der Waals surface area contributed by atoms with Gasteiger partial charge in [-0.3, -0.25) is 29.4 Å². The first-order valence-electron chi connectivity index (χ1n) is 12.1. The van der Waals surface area contributed by atoms with Crippen molar-refractivity contribution >= 4 is 41.1 Å². The van der Waals surface area contributed by atoms with Crippen LogP contribution >= 0.6 is 11.6 Å². The van der Waals surface area contributed by atoms with Gasteiger partial charge in [-0.05, 0) is 29.1 Å². The predicted octanol–water partition coefficient (Wildman–Crippen LogP) is 1.09. The third kappa shape index (κ3) is 5.84. The largest absolute Gasteiger partial charge is 0.471 e. The van der Waals surface area contributed by atoms with Crippen molar-refractivity contribution in [1.82, 2.24) is 26.0 Å². The number of carbonyl (C=O) groups excluding carboxylic acids is 5. The average Bonchev–Trinajstić information content (AvgIpc) is 3.14. The van der Waals surface area contributed by atoms with E-state index in [1.165, 1.54) is 20.8 Å². The molecule has 2 saturated heterocycles. The zero-order valence-corrected chi connectivity index (χ0v) is 22.4. The van der Waals surface area contributed by atoms with E-state index >= 15 is 0 Å². The number of piperidine rings is 1. The first-order chi connectivity index (χ1) is 17.3. The molecule has 0 spiro atoms. The highest BCUT2D eigenvalue weighted by atomic mass is 35.5. The molecular weight excluding hydrogens is 538 g/mol. The van der Waals surface area contributed by atoms with Crippen molar-refractivity contribution in [3.8, 4) is 0 Å². The lowest BCUT2D eigenvalue weighted by Gasteiger charge is -2.38. The summed E-state index contributed by atoms with van der Waals surface area (Å²) >= 11 is 5.32. The van der Waals surface area contributed by atoms with Crippen LogP contribution < -0.4 is 16.1 Å². The highest BCUT2D eigenvalue weighted by Gasteiger charge is 2.70. The summed E-state index contributed by atoms with van der Waals surface area (Å²) in [5.74, 6) is -7.09. The van der Waals surface area contributed by atoms with Gasteiger partial charge in [-0.1, -0.05) is 46.2 Å². The fourth-order valence-electron chi connectivity index (χ4n) is 5.39. The molecule has 214 valence electrons. The van der Waals surface area contributed by atoms with E-state index in [-0.39, 0.29) is 19.0 Å². The molecule has 0 radical (unpaired) electrons. The fourth-order valence-corrected chi connectivity index (χ4v) is 5.51. The Morgan fingerprint density at radius 3 is 2.29 bits per heavy atom. The second-order valence-corrected chi connectivity index (χ2v) is 12.0. The number of carbonyl (C=O) groups is 5. The van der Waals surface area contributed by atoms with Crippen molar-refractivity contribution in [3.63, 3.8) is 0 Å². The van der Waals surface area contributed by atoms with Crippen molar-refractivity contribution < 1.29 is 41.5 Å². The van der Waals surface area contributed by atoms with Crippen molar-refractivity contribution in [2.45, 2.75) is 64.9 Å². The van der Waals surface area contributed by atoms with Gasteiger partial charge >= 0.3 is 12.1 Å². The van der Waals surface area contributed by atoms with Gasteiger partial charge in [0.15, 0.2) is 0 Å². The number of amides is 5. The minimum atomic E-state index is -5.23. The van der Waals surface area contributed by atoms with Crippen LogP contribution in [-0.2, 0) is 24.0 Å². The highest BCUT2D eigenvalue weighted by Crippen LogP contribution is 2.65. The molecule has 1 saturated carbocycles. The number of hydrogen-bond acceptors (Lipinski definition) is 5. The molecule has 0 aromatic heterocycles. The normalized spacial score (nSPS) is 27.6. The minimum Gasteiger partial charge on any atom is -0.356 e. The Balaban J connectivity index is 1.87. The molecule has 2 unspecified atom stereocenters. The maximum atomic E-state index is 13.7. The minimum absolute atomic E-state index is 0.0310. The van der Waals surface area contributed by atoms with E-state index in [0.29, 0.717) is 18.0 Å². The number of halogens is 5. The maximum Gasteiger partial charge on any atom is 0.471 e. The first-order valence-corrected chi connectivity index (χ1v) is 12.6. The number of nitrogens with one attached hydrogen (secondary N) is 3. The molecule has 1 aliphatic carbocycles. The van der Waals surface area contributed by atoms with E-state index in [1.54, 1.807) is 5.32 Å². The Kier molecular flexibility index (Phi) is 7.99. The van der Waals surface area contributed by atoms with E-state index in [1.807, 2.05) is 13.8 Å². The molecule has 0 aromatic rings. The van der Waals surface area contributed by atoms with Crippen molar-refractivity contribution in [3.05, 3.63) is 0 Å². The summed E-state index contributed by atoms with van der Waals surface area (Å²) in [6.07, 6.45) is -4.90. The number of alkyl halides is 5. The number of nitrogens with zero attached hydrogens (tertiary/aromatic N) is 2. The predicted molar refractivity (Wildman–Crippen MR) is 125 cm³/mol. The number of likely N-dealkylation sites (tertiary alicyclic amines) is 1. The van der Waals surface area contributed by atoms with Crippen LogP contribution in [0.4, 0.5) is 17.6 Å². The summed E-state index contributed by atoms with van der Waals surface area (Å²) in [7, 11) is 0. The SMILES string of the molecule is CC(C)(C)C(NC(=O)C(F)(F)F)C(=O)N1C[C@H]2[C@@H]([C@H]1C(=O)NN(C[C@@H]1CCNC1=O)C(=O)C(F)Cl)C2(C)C. The number of fused-ring (bicyclic) bond motifs is 1. The number of hydrogen-bond donors (Lipinski definition) is 3. The van der Waals surface area contributed by atoms with Gasteiger partial charge in [0.05, 0.1) is 12.5 Å². The van der Waals surface area contributed by atoms with E-state index < -0.39 is 76.1 Å². The lowest BCUT2D eigenvalue weighted by Crippen LogP contribution is -2.62. The Bertz CT molecular complexity index is 1020. The quantitative estimate of drug-likeness (QED) is 0.251. The van der Waals surface area contributed by atoms with Crippen LogP contribution in [0.25, 0.3) is 0 Å². The highest BCUT2D eigenvalue weighted by molar-refractivity contribution is 6.29. The summed E-state index contributed by atoms with van der Waals surface area (Å²) < 4.78 is 52.7. The van der Waals surface area contributed by atoms with Crippen LogP contribution in [0.1, 0.15) is 41.0 Å². The first kappa shape index (κ1) is 29.9. The van der Waals surface area contributed by atoms with Crippen LogP contribution in [0.2, 0.25) is 0 Å². The molecule has 3 N–H and O–H groups in total. The molecule has 3 fully saturated rings. The Hall–Kier alpha value is -2.64. The summed E-state index contributed by atoms with van der Waals surface area (Å²) in [5.41, 5.74) is -1.79. The summed E-state index contributed by atoms with van der Waals surface area (Å²) in [4.78, 5) is 64.3. The molecule has 15 heteroatoms. The third-order valence-corrected chi connectivity index (χ3v) is 7.86. The van der Waals surface area contributed by atoms with Gasteiger partial charge in [-0.25, -0.2) is 9.40 Å². The van der Waals surface area contributed by atoms with Gasteiger partial charge in [0, 0.05) is 13.1 Å². The van der Waals surface area contributed by atoms with Gasteiger partial charge in [0.2, 0.25) is 11.8 Å². The van der Waals surface area contributed by atoms with Gasteiger partial charge in [0.1, 0.15) is 12.1 Å². The zero-order chi connectivity index (χ0) is 29.0. The van der Waals surface area contributed by atoms with Crippen LogP contribution in [0.3, 0.4) is 0 Å². The second kappa shape index (κ2) is 10.2. The number of hydrazine groups is 1. The van der Waals surface area contributed by atoms with Crippen molar-refractivity contribution in [2.75, 3.05) is 19.6 Å². The monoisotopic (exact) mass is 569 g/mol. The second-order valence-electron chi connectivity index (χ2n) is 11.7. The third-order valence-electron chi connectivity index (χ3n) is 7.67. The van der Waals surface area contributed by atoms with E-state index in [2.05, 4.69) is 10.7 Å². The topological polar surface area (TPSA) is 128 Å². The Labute approximate surface area is 222 Å². The van der Waals surface area contributed by atoms with E-state index in [4.69, 9.17) is 11.6 Å². The van der Waals surface area contributed by atoms with Crippen LogP contribution in [-0.4, -0.2) is 83.0 Å². The van der Waals surface area contributed by atoms with Crippen molar-refractivity contribution in [1.29, 1.82) is 0 Å². The number of rotatable bonds is 6. The lowest BCUT2D eigenvalue weighted by atomic mass is 9.85. The Morgan fingerprint density at radius 1 is 1.21 bits per heavy atom. The summed E-state index contributed by atoms with van der Waals surface area (Å²) in [6.45, 7) is 8.13. The summed E-state index contributed by atoms with van der Waals surface area (Å²) in [6, 6.07) is -2.85. The lowest BCUT2D eigenvalue weighted by molar-refractivity contribution is -0.176. The van der Waals surface area contributed by atoms with Crippen LogP contribution in [0.5, 0.6) is 0 Å². The summed E-state index contributed by atoms with van der Waals surface area (Å²) in [5, 5.41) is 4.92. The molecule has 5 amide bonds. The molecule has 3 aliphatic rings. The molecule has 6 atom stereocenters. The average molecular weight is 570 g/mol. The molecule has 0 bridgehead atoms. The molecular formula is C23H32ClF4N5O5. The Morgan fingerprint density at radius 2 is 1.82 bits per heavy atom. The molecule has 38 heavy (non-hydrogen) atoms. The fraction of sp³-hybridized carbons (Fsp3) is 0.783. The molecule has 10 nitrogen and oxygen atoms in total. The smallest absolute Gasteiger partial charge is 0.356 e. The van der Waals surface area contributed by atoms with Gasteiger partial charge < -0.3 is 15.5 Å². The van der Waals surface area contributed by atoms with Crippen LogP contribution in [0.15, 0.2) is 0 Å². The van der Waals surface area contributed by atoms with Crippen molar-refractivity contribution in [2.24, 2.45) is 28.6 Å². The van der Waals surface area contributed by atoms with Gasteiger partial charge in [-0.2, -0.15) is 13.2 Å². The molecule has 0 aromatic carbocycles. The van der Waals surface area contributed by atoms with E-state index in [0.717, 1.165) is 4.90 Å². The zero-order valence-electron chi connectivity index (χ0n) is 21.6. The molecule has 2 aliphatic heterocycles. The van der Waals surface area contributed by atoms with Crippen LogP contribution in [0, 0.1) is 28.6 Å². The standard InChI is InChI=1S/C23H32ClF4N5O5/c1-21(2,3)14(30-20(38)23(26,27)28)18(36)32-9-11-12(22(11,4)5)13(32)17(35)31-33(19(37)15(24)25)8-10-6-7-29-16(10)34/h10-15H,6-9H2,1-5H3,(H,29,34)(H,30,38)(H,31,35)/t10-,11-,12-,13-,14?,15?/m0/s1. The maximum absolute atomic E-state index is 13.7. The molecule has 2 heterocycles.